The van der Waals surface area contributed by atoms with E-state index in [4.69, 9.17) is 4.74 Å². The molecule has 0 spiro atoms. The molecular formula is C26H29N3O3. The van der Waals surface area contributed by atoms with E-state index in [9.17, 15) is 9.59 Å². The van der Waals surface area contributed by atoms with E-state index in [0.29, 0.717) is 12.2 Å². The number of hydrogen-bond donors (Lipinski definition) is 1. The fourth-order valence-corrected chi connectivity index (χ4v) is 3.73. The smallest absolute Gasteiger partial charge is 0.338 e. The van der Waals surface area contributed by atoms with Crippen LogP contribution in [0.4, 0.5) is 0 Å². The number of amides is 1. The van der Waals surface area contributed by atoms with Gasteiger partial charge in [-0.1, -0.05) is 29.8 Å². The van der Waals surface area contributed by atoms with Crippen LogP contribution < -0.4 is 5.43 Å². The van der Waals surface area contributed by atoms with Crippen LogP contribution >= 0.6 is 0 Å². The van der Waals surface area contributed by atoms with Crippen molar-refractivity contribution in [2.45, 2.75) is 41.0 Å². The SMILES string of the molecule is CCOC(=O)c1cccc(-n2c(C)cc(/C=N\NC(=O)Cc3ccc(C)cc3C)c2C)c1. The van der Waals surface area contributed by atoms with Crippen LogP contribution in [0.1, 0.15) is 50.9 Å². The minimum absolute atomic E-state index is 0.163. The Morgan fingerprint density at radius 1 is 1.06 bits per heavy atom. The number of benzene rings is 2. The summed E-state index contributed by atoms with van der Waals surface area (Å²) in [7, 11) is 0. The molecule has 0 saturated carbocycles. The lowest BCUT2D eigenvalue weighted by Crippen LogP contribution is -2.20. The molecule has 166 valence electrons. The van der Waals surface area contributed by atoms with Gasteiger partial charge in [0.15, 0.2) is 0 Å². The average Bonchev–Trinajstić information content (AvgIpc) is 3.03. The van der Waals surface area contributed by atoms with Gasteiger partial charge in [0, 0.05) is 22.6 Å². The van der Waals surface area contributed by atoms with Crippen LogP contribution in [0.5, 0.6) is 0 Å². The summed E-state index contributed by atoms with van der Waals surface area (Å²) in [6.45, 7) is 10.1. The molecular weight excluding hydrogens is 402 g/mol. The Hall–Kier alpha value is -3.67. The third kappa shape index (κ3) is 5.32. The number of aromatic nitrogens is 1. The summed E-state index contributed by atoms with van der Waals surface area (Å²) >= 11 is 0. The van der Waals surface area contributed by atoms with Gasteiger partial charge in [0.2, 0.25) is 5.91 Å². The minimum atomic E-state index is -0.342. The van der Waals surface area contributed by atoms with Gasteiger partial charge in [0.25, 0.3) is 0 Å². The zero-order valence-electron chi connectivity index (χ0n) is 19.2. The molecule has 0 bridgehead atoms. The number of rotatable bonds is 7. The summed E-state index contributed by atoms with van der Waals surface area (Å²) in [5.41, 5.74) is 10.1. The van der Waals surface area contributed by atoms with E-state index in [1.807, 2.05) is 68.7 Å². The standard InChI is InChI=1S/C26H29N3O3/c1-6-32-26(31)22-8-7-9-24(14-22)29-19(4)13-23(20(29)5)16-27-28-25(30)15-21-11-10-17(2)12-18(21)3/h7-14,16H,6,15H2,1-5H3,(H,28,30)/b27-16-. The van der Waals surface area contributed by atoms with E-state index >= 15 is 0 Å². The number of carbonyl (C=O) groups excluding carboxylic acids is 2. The lowest BCUT2D eigenvalue weighted by Gasteiger charge is -2.11. The molecule has 1 heterocycles. The first-order chi connectivity index (χ1) is 15.3. The summed E-state index contributed by atoms with van der Waals surface area (Å²) in [6.07, 6.45) is 1.93. The van der Waals surface area contributed by atoms with Gasteiger partial charge in [-0.3, -0.25) is 4.79 Å². The molecule has 2 aromatic carbocycles. The van der Waals surface area contributed by atoms with Crippen molar-refractivity contribution in [3.8, 4) is 5.69 Å². The molecule has 1 aromatic heterocycles. The van der Waals surface area contributed by atoms with Gasteiger partial charge in [-0.05, 0) is 70.0 Å². The maximum atomic E-state index is 12.3. The van der Waals surface area contributed by atoms with Crippen LogP contribution in [0.15, 0.2) is 53.6 Å². The molecule has 0 aliphatic rings. The number of hydrogen-bond acceptors (Lipinski definition) is 4. The van der Waals surface area contributed by atoms with E-state index in [1.54, 1.807) is 19.2 Å². The largest absolute Gasteiger partial charge is 0.462 e. The summed E-state index contributed by atoms with van der Waals surface area (Å²) in [4.78, 5) is 24.4. The third-order valence-corrected chi connectivity index (χ3v) is 5.33. The molecule has 0 unspecified atom stereocenters. The maximum Gasteiger partial charge on any atom is 0.338 e. The van der Waals surface area contributed by atoms with Gasteiger partial charge in [-0.25, -0.2) is 10.2 Å². The van der Waals surface area contributed by atoms with E-state index in [0.717, 1.165) is 33.8 Å². The van der Waals surface area contributed by atoms with E-state index in [2.05, 4.69) is 16.6 Å². The van der Waals surface area contributed by atoms with Gasteiger partial charge >= 0.3 is 5.97 Å². The predicted molar refractivity (Wildman–Crippen MR) is 127 cm³/mol. The molecule has 0 atom stereocenters. The van der Waals surface area contributed by atoms with E-state index in [-0.39, 0.29) is 18.3 Å². The van der Waals surface area contributed by atoms with Crippen LogP contribution in [0.25, 0.3) is 5.69 Å². The second-order valence-electron chi connectivity index (χ2n) is 7.83. The Labute approximate surface area is 188 Å². The lowest BCUT2D eigenvalue weighted by molar-refractivity contribution is -0.120. The van der Waals surface area contributed by atoms with Crippen molar-refractivity contribution in [2.75, 3.05) is 6.61 Å². The topological polar surface area (TPSA) is 72.7 Å². The number of nitrogens with zero attached hydrogens (tertiary/aromatic N) is 2. The van der Waals surface area contributed by atoms with Crippen molar-refractivity contribution in [1.29, 1.82) is 0 Å². The molecule has 3 aromatic rings. The molecule has 1 amide bonds. The Morgan fingerprint density at radius 3 is 2.56 bits per heavy atom. The molecule has 1 N–H and O–H groups in total. The fraction of sp³-hybridized carbons (Fsp3) is 0.269. The van der Waals surface area contributed by atoms with Crippen LogP contribution in [0.2, 0.25) is 0 Å². The highest BCUT2D eigenvalue weighted by atomic mass is 16.5. The first-order valence-electron chi connectivity index (χ1n) is 10.6. The molecule has 0 aliphatic heterocycles. The second-order valence-corrected chi connectivity index (χ2v) is 7.83. The first kappa shape index (κ1) is 23.0. The number of carbonyl (C=O) groups is 2. The number of hydrazone groups is 1. The van der Waals surface area contributed by atoms with Crippen LogP contribution in [0, 0.1) is 27.7 Å². The Morgan fingerprint density at radius 2 is 1.84 bits per heavy atom. The molecule has 6 nitrogen and oxygen atoms in total. The van der Waals surface area contributed by atoms with Crippen LogP contribution in [0.3, 0.4) is 0 Å². The van der Waals surface area contributed by atoms with Crippen LogP contribution in [-0.2, 0) is 16.0 Å². The number of ether oxygens (including phenoxy) is 1. The molecule has 0 saturated heterocycles. The number of esters is 1. The average molecular weight is 432 g/mol. The third-order valence-electron chi connectivity index (χ3n) is 5.33. The van der Waals surface area contributed by atoms with E-state index < -0.39 is 0 Å². The Balaban J connectivity index is 1.73. The molecule has 32 heavy (non-hydrogen) atoms. The molecule has 0 aliphatic carbocycles. The number of nitrogens with one attached hydrogen (secondary N) is 1. The highest BCUT2D eigenvalue weighted by molar-refractivity contribution is 5.90. The maximum absolute atomic E-state index is 12.3. The van der Waals surface area contributed by atoms with Crippen molar-refractivity contribution in [1.82, 2.24) is 9.99 Å². The quantitative estimate of drug-likeness (QED) is 0.338. The zero-order chi connectivity index (χ0) is 23.3. The minimum Gasteiger partial charge on any atom is -0.462 e. The molecule has 0 radical (unpaired) electrons. The van der Waals surface area contributed by atoms with Gasteiger partial charge in [0.1, 0.15) is 0 Å². The zero-order valence-corrected chi connectivity index (χ0v) is 19.2. The van der Waals surface area contributed by atoms with Gasteiger partial charge < -0.3 is 9.30 Å². The Bertz CT molecular complexity index is 1180. The molecule has 0 fully saturated rings. The van der Waals surface area contributed by atoms with Crippen molar-refractivity contribution < 1.29 is 14.3 Å². The van der Waals surface area contributed by atoms with E-state index in [1.165, 1.54) is 5.56 Å². The Kier molecular flexibility index (Phi) is 7.25. The summed E-state index contributed by atoms with van der Waals surface area (Å²) in [5.74, 6) is -0.505. The van der Waals surface area contributed by atoms with Crippen LogP contribution in [-0.4, -0.2) is 29.3 Å². The highest BCUT2D eigenvalue weighted by Crippen LogP contribution is 2.21. The summed E-state index contributed by atoms with van der Waals surface area (Å²) in [6, 6.07) is 15.4. The predicted octanol–water partition coefficient (Wildman–Crippen LogP) is 4.58. The highest BCUT2D eigenvalue weighted by Gasteiger charge is 2.13. The van der Waals surface area contributed by atoms with Crippen molar-refractivity contribution in [3.63, 3.8) is 0 Å². The lowest BCUT2D eigenvalue weighted by atomic mass is 10.0. The molecule has 6 heteroatoms. The van der Waals surface area contributed by atoms with Crippen molar-refractivity contribution in [2.24, 2.45) is 5.10 Å². The number of aryl methyl sites for hydroxylation is 3. The van der Waals surface area contributed by atoms with Crippen molar-refractivity contribution in [3.05, 3.63) is 87.7 Å². The first-order valence-corrected chi connectivity index (χ1v) is 10.6. The van der Waals surface area contributed by atoms with Crippen molar-refractivity contribution >= 4 is 18.1 Å². The van der Waals surface area contributed by atoms with Gasteiger partial charge in [-0.2, -0.15) is 5.10 Å². The normalized spacial score (nSPS) is 11.0. The monoisotopic (exact) mass is 431 g/mol. The summed E-state index contributed by atoms with van der Waals surface area (Å²) in [5, 5.41) is 4.15. The second kappa shape index (κ2) is 10.1. The van der Waals surface area contributed by atoms with Gasteiger partial charge in [-0.15, -0.1) is 0 Å². The van der Waals surface area contributed by atoms with Gasteiger partial charge in [0.05, 0.1) is 24.8 Å². The molecule has 3 rings (SSSR count). The summed E-state index contributed by atoms with van der Waals surface area (Å²) < 4.78 is 7.15. The fourth-order valence-electron chi connectivity index (χ4n) is 3.73.